The van der Waals surface area contributed by atoms with Crippen LogP contribution in [0.3, 0.4) is 0 Å². The van der Waals surface area contributed by atoms with Crippen molar-refractivity contribution < 1.29 is 24.1 Å². The number of fused-ring (bicyclic) bond motifs is 1. The molecule has 0 spiro atoms. The molecule has 3 atom stereocenters. The zero-order valence-electron chi connectivity index (χ0n) is 22.9. The first kappa shape index (κ1) is 27.5. The molecule has 3 aromatic rings. The molecule has 10 nitrogen and oxygen atoms in total. The number of hydrogen-bond acceptors (Lipinski definition) is 8. The number of nitrogens with zero attached hydrogens (tertiary/aromatic N) is 3. The number of rotatable bonds is 9. The number of pyridine rings is 1. The Hall–Kier alpha value is -3.05. The molecule has 1 aromatic carbocycles. The Morgan fingerprint density at radius 1 is 1.21 bits per heavy atom. The molecule has 2 N–H and O–H groups in total. The van der Waals surface area contributed by atoms with E-state index in [9.17, 15) is 14.7 Å². The van der Waals surface area contributed by atoms with Gasteiger partial charge in [-0.05, 0) is 56.4 Å². The van der Waals surface area contributed by atoms with Crippen LogP contribution in [-0.2, 0) is 39.1 Å². The van der Waals surface area contributed by atoms with Gasteiger partial charge in [0, 0.05) is 57.1 Å². The standard InChI is InChI=1S/C29H38N4O6/c1-18-12-22(16-32(3)28(18)35)27-31-24-13-21(4-5-25(24)33(27)15-20-6-9-37-10-7-20)14-30-26(19(2)34)29(36)39-23-8-11-38-17-23/h4-5,12-13,16,19-20,23,26,30,34H,6-11,14-15,17H2,1-3H3/t19?,23-,26?/m1/s1. The summed E-state index contributed by atoms with van der Waals surface area (Å²) in [5, 5.41) is 13.4. The number of esters is 1. The van der Waals surface area contributed by atoms with Gasteiger partial charge in [-0.3, -0.25) is 14.9 Å². The lowest BCUT2D eigenvalue weighted by atomic mass is 10.00. The Labute approximate surface area is 227 Å². The van der Waals surface area contributed by atoms with E-state index in [1.165, 1.54) is 0 Å². The van der Waals surface area contributed by atoms with Gasteiger partial charge in [0.15, 0.2) is 0 Å². The van der Waals surface area contributed by atoms with Crippen LogP contribution in [0.4, 0.5) is 0 Å². The van der Waals surface area contributed by atoms with Crippen molar-refractivity contribution in [2.24, 2.45) is 13.0 Å². The Balaban J connectivity index is 1.41. The molecule has 2 aromatic heterocycles. The molecule has 4 heterocycles. The van der Waals surface area contributed by atoms with Crippen LogP contribution < -0.4 is 10.9 Å². The SMILES string of the molecule is Cc1cc(-c2nc3cc(CNC(C(=O)O[C@@H]4CCOC4)C(C)O)ccc3n2CC2CCOCC2)cn(C)c1=O. The van der Waals surface area contributed by atoms with Crippen molar-refractivity contribution in [2.45, 2.75) is 64.4 Å². The van der Waals surface area contributed by atoms with E-state index in [0.717, 1.165) is 60.6 Å². The van der Waals surface area contributed by atoms with Crippen LogP contribution in [0.1, 0.15) is 37.3 Å². The fourth-order valence-corrected chi connectivity index (χ4v) is 5.40. The Bertz CT molecular complexity index is 1340. The number of carbonyl (C=O) groups is 1. The highest BCUT2D eigenvalue weighted by Gasteiger charge is 2.29. The first-order valence-corrected chi connectivity index (χ1v) is 13.7. The van der Waals surface area contributed by atoms with Crippen LogP contribution in [0.25, 0.3) is 22.4 Å². The maximum Gasteiger partial charge on any atom is 0.326 e. The van der Waals surface area contributed by atoms with Crippen molar-refractivity contribution in [1.82, 2.24) is 19.4 Å². The summed E-state index contributed by atoms with van der Waals surface area (Å²) in [6, 6.07) is 7.14. The summed E-state index contributed by atoms with van der Waals surface area (Å²) in [5.74, 6) is 0.826. The topological polar surface area (TPSA) is 117 Å². The lowest BCUT2D eigenvalue weighted by Crippen LogP contribution is -2.46. The maximum atomic E-state index is 12.7. The number of aryl methyl sites for hydroxylation is 2. The molecule has 0 bridgehead atoms. The first-order chi connectivity index (χ1) is 18.8. The Morgan fingerprint density at radius 2 is 1.97 bits per heavy atom. The number of carbonyl (C=O) groups excluding carboxylic acids is 1. The zero-order valence-corrected chi connectivity index (χ0v) is 22.9. The van der Waals surface area contributed by atoms with Crippen molar-refractivity contribution in [3.8, 4) is 11.4 Å². The Kier molecular flexibility index (Phi) is 8.46. The molecular formula is C29H38N4O6. The molecule has 2 unspecified atom stereocenters. The van der Waals surface area contributed by atoms with Crippen molar-refractivity contribution in [2.75, 3.05) is 26.4 Å². The molecule has 0 aliphatic carbocycles. The summed E-state index contributed by atoms with van der Waals surface area (Å²) in [7, 11) is 1.76. The fourth-order valence-electron chi connectivity index (χ4n) is 5.40. The summed E-state index contributed by atoms with van der Waals surface area (Å²) < 4.78 is 20.2. The van der Waals surface area contributed by atoms with E-state index < -0.39 is 18.1 Å². The first-order valence-electron chi connectivity index (χ1n) is 13.7. The highest BCUT2D eigenvalue weighted by atomic mass is 16.6. The monoisotopic (exact) mass is 538 g/mol. The largest absolute Gasteiger partial charge is 0.459 e. The summed E-state index contributed by atoms with van der Waals surface area (Å²) in [4.78, 5) is 30.1. The molecule has 10 heteroatoms. The average molecular weight is 539 g/mol. The minimum Gasteiger partial charge on any atom is -0.459 e. The minimum atomic E-state index is -0.915. The minimum absolute atomic E-state index is 0.0224. The number of aliphatic hydroxyl groups is 1. The van der Waals surface area contributed by atoms with Crippen molar-refractivity contribution in [3.63, 3.8) is 0 Å². The number of aromatic nitrogens is 3. The summed E-state index contributed by atoms with van der Waals surface area (Å²) in [6.45, 7) is 7.08. The predicted molar refractivity (Wildman–Crippen MR) is 146 cm³/mol. The van der Waals surface area contributed by atoms with Gasteiger partial charge >= 0.3 is 5.97 Å². The van der Waals surface area contributed by atoms with E-state index in [2.05, 4.69) is 16.0 Å². The molecular weight excluding hydrogens is 500 g/mol. The maximum absolute atomic E-state index is 12.7. The number of benzene rings is 1. The van der Waals surface area contributed by atoms with Crippen LogP contribution in [0.5, 0.6) is 0 Å². The second kappa shape index (κ2) is 12.0. The number of aliphatic hydroxyl groups excluding tert-OH is 1. The smallest absolute Gasteiger partial charge is 0.326 e. The van der Waals surface area contributed by atoms with Gasteiger partial charge in [0.25, 0.3) is 5.56 Å². The predicted octanol–water partition coefficient (Wildman–Crippen LogP) is 2.31. The number of imidazole rings is 1. The fraction of sp³-hybridized carbons (Fsp3) is 0.552. The molecule has 5 rings (SSSR count). The van der Waals surface area contributed by atoms with Crippen LogP contribution in [0, 0.1) is 12.8 Å². The van der Waals surface area contributed by atoms with Crippen LogP contribution >= 0.6 is 0 Å². The highest BCUT2D eigenvalue weighted by molar-refractivity contribution is 5.81. The molecule has 0 radical (unpaired) electrons. The zero-order chi connectivity index (χ0) is 27.5. The molecule has 2 aliphatic heterocycles. The number of nitrogens with one attached hydrogen (secondary N) is 1. The number of ether oxygens (including phenoxy) is 3. The molecule has 0 saturated carbocycles. The van der Waals surface area contributed by atoms with Crippen molar-refractivity contribution in [3.05, 3.63) is 51.9 Å². The second-order valence-electron chi connectivity index (χ2n) is 10.8. The van der Waals surface area contributed by atoms with Gasteiger partial charge in [0.05, 0.1) is 30.4 Å². The van der Waals surface area contributed by atoms with E-state index in [1.807, 2.05) is 31.3 Å². The van der Waals surface area contributed by atoms with Crippen LogP contribution in [0.15, 0.2) is 35.3 Å². The van der Waals surface area contributed by atoms with Crippen LogP contribution in [-0.4, -0.2) is 69.9 Å². The summed E-state index contributed by atoms with van der Waals surface area (Å²) in [6.07, 6.45) is 3.32. The number of hydrogen-bond donors (Lipinski definition) is 2. The van der Waals surface area contributed by atoms with E-state index in [4.69, 9.17) is 19.2 Å². The second-order valence-corrected chi connectivity index (χ2v) is 10.8. The van der Waals surface area contributed by atoms with E-state index in [0.29, 0.717) is 37.7 Å². The lowest BCUT2D eigenvalue weighted by Gasteiger charge is -2.23. The molecule has 39 heavy (non-hydrogen) atoms. The van der Waals surface area contributed by atoms with Crippen molar-refractivity contribution in [1.29, 1.82) is 0 Å². The third-order valence-electron chi connectivity index (χ3n) is 7.65. The quantitative estimate of drug-likeness (QED) is 0.399. The molecule has 210 valence electrons. The van der Waals surface area contributed by atoms with E-state index in [1.54, 1.807) is 18.5 Å². The summed E-state index contributed by atoms with van der Waals surface area (Å²) in [5.41, 5.74) is 4.33. The Morgan fingerprint density at radius 3 is 2.67 bits per heavy atom. The molecule has 0 amide bonds. The van der Waals surface area contributed by atoms with Gasteiger partial charge in [0.2, 0.25) is 0 Å². The van der Waals surface area contributed by atoms with Crippen LogP contribution in [0.2, 0.25) is 0 Å². The van der Waals surface area contributed by atoms with E-state index >= 15 is 0 Å². The van der Waals surface area contributed by atoms with Gasteiger partial charge < -0.3 is 28.5 Å². The van der Waals surface area contributed by atoms with Gasteiger partial charge in [-0.2, -0.15) is 0 Å². The average Bonchev–Trinajstić information content (AvgIpc) is 3.55. The molecule has 2 fully saturated rings. The highest BCUT2D eigenvalue weighted by Crippen LogP contribution is 2.29. The van der Waals surface area contributed by atoms with E-state index in [-0.39, 0.29) is 11.7 Å². The third-order valence-corrected chi connectivity index (χ3v) is 7.65. The van der Waals surface area contributed by atoms with Gasteiger partial charge in [-0.25, -0.2) is 4.98 Å². The lowest BCUT2D eigenvalue weighted by molar-refractivity contribution is -0.154. The van der Waals surface area contributed by atoms with Gasteiger partial charge in [-0.1, -0.05) is 6.07 Å². The van der Waals surface area contributed by atoms with Crippen molar-refractivity contribution >= 4 is 17.0 Å². The molecule has 2 aliphatic rings. The third kappa shape index (κ3) is 6.24. The van der Waals surface area contributed by atoms with Gasteiger partial charge in [0.1, 0.15) is 18.0 Å². The summed E-state index contributed by atoms with van der Waals surface area (Å²) >= 11 is 0. The van der Waals surface area contributed by atoms with Gasteiger partial charge in [-0.15, -0.1) is 0 Å². The molecule has 2 saturated heterocycles. The normalized spacial score (nSPS) is 19.8.